The first-order valence-corrected chi connectivity index (χ1v) is 12.4. The van der Waals surface area contributed by atoms with Crippen LogP contribution in [0.4, 0.5) is 0 Å². The molecule has 1 heterocycles. The van der Waals surface area contributed by atoms with E-state index in [4.69, 9.17) is 9.47 Å². The summed E-state index contributed by atoms with van der Waals surface area (Å²) in [5.74, 6) is -1.03. The van der Waals surface area contributed by atoms with Crippen LogP contribution in [0.5, 0.6) is 0 Å². The number of aliphatic hydroxyl groups excluding tert-OH is 1. The fourth-order valence-corrected chi connectivity index (χ4v) is 3.75. The standard InChI is InChI=1S/C25H47NO4/c1-5-7-8-9-10-11-12-13-14-15-16-17-18-19-23-21(20-29-25(3,4)30-23)26-24(28)22(27)6-2/h18-19,21-23,27H,5-17,20H2,1-4H3,(H,26,28)/b19-18+/t21-,22+,23+/m0/s1. The van der Waals surface area contributed by atoms with Crippen molar-refractivity contribution in [2.75, 3.05) is 6.61 Å². The highest BCUT2D eigenvalue weighted by atomic mass is 16.7. The normalized spacial score (nSPS) is 22.3. The monoisotopic (exact) mass is 425 g/mol. The van der Waals surface area contributed by atoms with Crippen LogP contribution in [-0.4, -0.2) is 41.7 Å². The number of ether oxygens (including phenoxy) is 2. The van der Waals surface area contributed by atoms with E-state index >= 15 is 0 Å². The number of aliphatic hydroxyl groups is 1. The summed E-state index contributed by atoms with van der Waals surface area (Å²) < 4.78 is 11.7. The summed E-state index contributed by atoms with van der Waals surface area (Å²) in [4.78, 5) is 12.0. The van der Waals surface area contributed by atoms with E-state index in [9.17, 15) is 9.90 Å². The summed E-state index contributed by atoms with van der Waals surface area (Å²) in [6.45, 7) is 8.20. The molecule has 0 radical (unpaired) electrons. The summed E-state index contributed by atoms with van der Waals surface area (Å²) in [6.07, 6.45) is 19.2. The second kappa shape index (κ2) is 15.8. The molecule has 0 aromatic rings. The van der Waals surface area contributed by atoms with Gasteiger partial charge in [0.05, 0.1) is 12.6 Å². The smallest absolute Gasteiger partial charge is 0.249 e. The maximum absolute atomic E-state index is 12.0. The van der Waals surface area contributed by atoms with Crippen LogP contribution in [0.25, 0.3) is 0 Å². The molecule has 5 heteroatoms. The predicted molar refractivity (Wildman–Crippen MR) is 123 cm³/mol. The van der Waals surface area contributed by atoms with E-state index in [1.807, 2.05) is 19.9 Å². The number of allylic oxidation sites excluding steroid dienone is 1. The molecule has 1 amide bonds. The Hall–Kier alpha value is -0.910. The molecule has 1 rings (SSSR count). The van der Waals surface area contributed by atoms with Gasteiger partial charge < -0.3 is 19.9 Å². The molecule has 0 aromatic carbocycles. The largest absolute Gasteiger partial charge is 0.383 e. The van der Waals surface area contributed by atoms with Crippen molar-refractivity contribution in [3.05, 3.63) is 12.2 Å². The second-order valence-electron chi connectivity index (χ2n) is 9.08. The summed E-state index contributed by atoms with van der Waals surface area (Å²) in [7, 11) is 0. The van der Waals surface area contributed by atoms with Crippen molar-refractivity contribution in [1.82, 2.24) is 5.32 Å². The van der Waals surface area contributed by atoms with Crippen LogP contribution in [0.2, 0.25) is 0 Å². The van der Waals surface area contributed by atoms with E-state index in [2.05, 4.69) is 18.3 Å². The Morgan fingerprint density at radius 2 is 1.60 bits per heavy atom. The Labute approximate surface area is 185 Å². The number of carbonyl (C=O) groups excluding carboxylic acids is 1. The number of carbonyl (C=O) groups is 1. The zero-order valence-electron chi connectivity index (χ0n) is 20.0. The quantitative estimate of drug-likeness (QED) is 0.248. The van der Waals surface area contributed by atoms with E-state index < -0.39 is 11.9 Å². The Bertz CT molecular complexity index is 478. The van der Waals surface area contributed by atoms with Crippen LogP contribution >= 0.6 is 0 Å². The van der Waals surface area contributed by atoms with Crippen molar-refractivity contribution in [1.29, 1.82) is 0 Å². The van der Waals surface area contributed by atoms with Gasteiger partial charge in [-0.1, -0.05) is 90.2 Å². The molecule has 0 saturated carbocycles. The van der Waals surface area contributed by atoms with Gasteiger partial charge in [0.2, 0.25) is 5.91 Å². The molecule has 0 unspecified atom stereocenters. The first kappa shape index (κ1) is 27.1. The lowest BCUT2D eigenvalue weighted by atomic mass is 10.0. The second-order valence-corrected chi connectivity index (χ2v) is 9.08. The maximum Gasteiger partial charge on any atom is 0.249 e. The Morgan fingerprint density at radius 3 is 2.17 bits per heavy atom. The number of amides is 1. The average Bonchev–Trinajstić information content (AvgIpc) is 2.72. The summed E-state index contributed by atoms with van der Waals surface area (Å²) in [6, 6.07) is -0.277. The third-order valence-corrected chi connectivity index (χ3v) is 5.74. The third kappa shape index (κ3) is 12.1. The van der Waals surface area contributed by atoms with E-state index in [1.165, 1.54) is 70.6 Å². The summed E-state index contributed by atoms with van der Waals surface area (Å²) in [5.41, 5.74) is 0. The summed E-state index contributed by atoms with van der Waals surface area (Å²) >= 11 is 0. The molecule has 5 nitrogen and oxygen atoms in total. The van der Waals surface area contributed by atoms with Crippen LogP contribution in [0.15, 0.2) is 12.2 Å². The Morgan fingerprint density at radius 1 is 1.03 bits per heavy atom. The SMILES string of the molecule is CCCCCCCCCCCCC/C=C/[C@H]1OC(C)(C)OC[C@@H]1NC(=O)[C@H](O)CC. The lowest BCUT2D eigenvalue weighted by Gasteiger charge is -2.40. The van der Waals surface area contributed by atoms with Crippen molar-refractivity contribution < 1.29 is 19.4 Å². The van der Waals surface area contributed by atoms with Gasteiger partial charge in [0.1, 0.15) is 12.2 Å². The van der Waals surface area contributed by atoms with Gasteiger partial charge in [-0.05, 0) is 33.1 Å². The van der Waals surface area contributed by atoms with Gasteiger partial charge in [-0.2, -0.15) is 0 Å². The molecule has 0 spiro atoms. The van der Waals surface area contributed by atoms with Gasteiger partial charge >= 0.3 is 0 Å². The van der Waals surface area contributed by atoms with E-state index in [-0.39, 0.29) is 18.1 Å². The summed E-state index contributed by atoms with van der Waals surface area (Å²) in [5, 5.41) is 12.6. The van der Waals surface area contributed by atoms with Crippen LogP contribution in [0.1, 0.15) is 111 Å². The first-order chi connectivity index (χ1) is 14.4. The topological polar surface area (TPSA) is 67.8 Å². The van der Waals surface area contributed by atoms with Crippen molar-refractivity contribution in [3.63, 3.8) is 0 Å². The predicted octanol–water partition coefficient (Wildman–Crippen LogP) is 5.65. The van der Waals surface area contributed by atoms with Crippen molar-refractivity contribution >= 4 is 5.91 Å². The molecule has 1 saturated heterocycles. The van der Waals surface area contributed by atoms with Gasteiger partial charge in [-0.25, -0.2) is 0 Å². The zero-order valence-corrected chi connectivity index (χ0v) is 20.0. The Kier molecular flexibility index (Phi) is 14.3. The first-order valence-electron chi connectivity index (χ1n) is 12.4. The molecule has 30 heavy (non-hydrogen) atoms. The molecule has 0 aliphatic carbocycles. The fourth-order valence-electron chi connectivity index (χ4n) is 3.75. The van der Waals surface area contributed by atoms with Crippen LogP contribution in [0.3, 0.4) is 0 Å². The lowest BCUT2D eigenvalue weighted by Crippen LogP contribution is -2.56. The van der Waals surface area contributed by atoms with Crippen LogP contribution < -0.4 is 5.32 Å². The van der Waals surface area contributed by atoms with Gasteiger partial charge in [0.15, 0.2) is 5.79 Å². The van der Waals surface area contributed by atoms with Gasteiger partial charge in [-0.15, -0.1) is 0 Å². The molecule has 0 aromatic heterocycles. The molecule has 0 bridgehead atoms. The number of rotatable bonds is 16. The van der Waals surface area contributed by atoms with E-state index in [0.717, 1.165) is 6.42 Å². The molecular weight excluding hydrogens is 378 g/mol. The van der Waals surface area contributed by atoms with Crippen LogP contribution in [-0.2, 0) is 14.3 Å². The molecule has 3 atom stereocenters. The number of hydrogen-bond acceptors (Lipinski definition) is 4. The minimum absolute atomic E-state index is 0.241. The average molecular weight is 426 g/mol. The fraction of sp³-hybridized carbons (Fsp3) is 0.880. The van der Waals surface area contributed by atoms with E-state index in [1.54, 1.807) is 6.92 Å². The third-order valence-electron chi connectivity index (χ3n) is 5.74. The Balaban J connectivity index is 2.22. The molecule has 1 aliphatic heterocycles. The highest BCUT2D eigenvalue weighted by Crippen LogP contribution is 2.23. The molecule has 176 valence electrons. The molecular formula is C25H47NO4. The molecule has 2 N–H and O–H groups in total. The highest BCUT2D eigenvalue weighted by Gasteiger charge is 2.36. The lowest BCUT2D eigenvalue weighted by molar-refractivity contribution is -0.271. The zero-order chi connectivity index (χ0) is 22.2. The van der Waals surface area contributed by atoms with Gasteiger partial charge in [-0.3, -0.25) is 4.79 Å². The minimum atomic E-state index is -0.985. The number of unbranched alkanes of at least 4 members (excludes halogenated alkanes) is 11. The molecule has 1 fully saturated rings. The molecule has 1 aliphatic rings. The van der Waals surface area contributed by atoms with Crippen molar-refractivity contribution in [2.45, 2.75) is 135 Å². The maximum atomic E-state index is 12.0. The van der Waals surface area contributed by atoms with Crippen molar-refractivity contribution in [3.8, 4) is 0 Å². The van der Waals surface area contributed by atoms with Gasteiger partial charge in [0.25, 0.3) is 0 Å². The number of nitrogens with one attached hydrogen (secondary N) is 1. The van der Waals surface area contributed by atoms with Crippen LogP contribution in [0, 0.1) is 0 Å². The highest BCUT2D eigenvalue weighted by molar-refractivity contribution is 5.80. The van der Waals surface area contributed by atoms with E-state index in [0.29, 0.717) is 13.0 Å². The van der Waals surface area contributed by atoms with Crippen molar-refractivity contribution in [2.24, 2.45) is 0 Å². The minimum Gasteiger partial charge on any atom is -0.383 e. The van der Waals surface area contributed by atoms with Gasteiger partial charge in [0, 0.05) is 0 Å². The number of hydrogen-bond donors (Lipinski definition) is 2.